The fraction of sp³-hybridized carbons (Fsp3) is 0.933. The topological polar surface area (TPSA) is 42.0 Å². The normalized spacial score (nSPS) is 27.5. The molecule has 2 saturated heterocycles. The second kappa shape index (κ2) is 6.41. The maximum Gasteiger partial charge on any atom is 0.323 e. The van der Waals surface area contributed by atoms with Crippen molar-refractivity contribution in [2.24, 2.45) is 0 Å². The number of hydrogen-bond donors (Lipinski definition) is 0. The molecule has 0 aromatic carbocycles. The van der Waals surface area contributed by atoms with Crippen molar-refractivity contribution in [3.8, 4) is 0 Å². The Morgan fingerprint density at radius 1 is 1.25 bits per heavy atom. The van der Waals surface area contributed by atoms with E-state index in [2.05, 4.69) is 9.80 Å². The van der Waals surface area contributed by atoms with Gasteiger partial charge in [0, 0.05) is 32.2 Å². The Kier molecular flexibility index (Phi) is 5.04. The number of hydrogen-bond acceptors (Lipinski definition) is 5. The highest BCUT2D eigenvalue weighted by Gasteiger charge is 2.34. The monoisotopic (exact) mass is 284 g/mol. The molecule has 0 spiro atoms. The zero-order valence-electron chi connectivity index (χ0n) is 13.2. The molecule has 2 rings (SSSR count). The van der Waals surface area contributed by atoms with E-state index in [1.807, 2.05) is 27.7 Å². The molecule has 0 aromatic heterocycles. The first-order valence-corrected chi connectivity index (χ1v) is 7.65. The number of morpholine rings is 1. The average Bonchev–Trinajstić information content (AvgIpc) is 2.86. The fourth-order valence-electron chi connectivity index (χ4n) is 2.90. The van der Waals surface area contributed by atoms with Crippen molar-refractivity contribution < 1.29 is 14.3 Å². The van der Waals surface area contributed by atoms with Gasteiger partial charge in [-0.3, -0.25) is 14.6 Å². The molecular weight excluding hydrogens is 256 g/mol. The first kappa shape index (κ1) is 15.7. The predicted molar refractivity (Wildman–Crippen MR) is 77.7 cm³/mol. The van der Waals surface area contributed by atoms with Crippen LogP contribution in [0, 0.1) is 0 Å². The first-order chi connectivity index (χ1) is 9.37. The van der Waals surface area contributed by atoms with Crippen molar-refractivity contribution in [1.82, 2.24) is 9.80 Å². The van der Waals surface area contributed by atoms with Gasteiger partial charge in [0.15, 0.2) is 0 Å². The third kappa shape index (κ3) is 4.17. The summed E-state index contributed by atoms with van der Waals surface area (Å²) in [6.07, 6.45) is 1.13. The van der Waals surface area contributed by atoms with E-state index in [0.717, 1.165) is 45.8 Å². The second-order valence-electron chi connectivity index (χ2n) is 6.80. The molecule has 5 nitrogen and oxygen atoms in total. The molecule has 0 bridgehead atoms. The minimum atomic E-state index is -0.408. The van der Waals surface area contributed by atoms with Crippen molar-refractivity contribution >= 4 is 5.97 Å². The standard InChI is InChI=1S/C15H28N2O3/c1-12(14(18)20-15(2,3)4)17-6-5-13(11-17)16-7-9-19-10-8-16/h12-13H,5-11H2,1-4H3. The minimum absolute atomic E-state index is 0.111. The van der Waals surface area contributed by atoms with Gasteiger partial charge < -0.3 is 9.47 Å². The number of carbonyl (C=O) groups is 1. The van der Waals surface area contributed by atoms with E-state index in [-0.39, 0.29) is 12.0 Å². The highest BCUT2D eigenvalue weighted by atomic mass is 16.6. The van der Waals surface area contributed by atoms with Crippen LogP contribution >= 0.6 is 0 Å². The van der Waals surface area contributed by atoms with Crippen LogP contribution in [0.15, 0.2) is 0 Å². The number of nitrogens with zero attached hydrogens (tertiary/aromatic N) is 2. The van der Waals surface area contributed by atoms with Crippen molar-refractivity contribution in [3.63, 3.8) is 0 Å². The molecule has 0 saturated carbocycles. The summed E-state index contributed by atoms with van der Waals surface area (Å²) in [7, 11) is 0. The summed E-state index contributed by atoms with van der Waals surface area (Å²) in [6.45, 7) is 13.3. The molecule has 5 heteroatoms. The van der Waals surface area contributed by atoms with Gasteiger partial charge >= 0.3 is 5.97 Å². The van der Waals surface area contributed by atoms with Gasteiger partial charge in [-0.1, -0.05) is 0 Å². The van der Waals surface area contributed by atoms with E-state index in [0.29, 0.717) is 6.04 Å². The predicted octanol–water partition coefficient (Wildman–Crippen LogP) is 1.12. The van der Waals surface area contributed by atoms with Crippen molar-refractivity contribution in [2.45, 2.75) is 51.8 Å². The Morgan fingerprint density at radius 2 is 1.90 bits per heavy atom. The van der Waals surface area contributed by atoms with Gasteiger partial charge in [0.2, 0.25) is 0 Å². The molecule has 2 atom stereocenters. The van der Waals surface area contributed by atoms with Crippen molar-refractivity contribution in [3.05, 3.63) is 0 Å². The van der Waals surface area contributed by atoms with Crippen LogP contribution in [0.4, 0.5) is 0 Å². The van der Waals surface area contributed by atoms with Gasteiger partial charge in [0.05, 0.1) is 13.2 Å². The zero-order valence-corrected chi connectivity index (χ0v) is 13.2. The van der Waals surface area contributed by atoms with Gasteiger partial charge in [-0.25, -0.2) is 0 Å². The van der Waals surface area contributed by atoms with E-state index >= 15 is 0 Å². The van der Waals surface area contributed by atoms with Gasteiger partial charge in [-0.2, -0.15) is 0 Å². The molecule has 2 unspecified atom stereocenters. The molecule has 2 heterocycles. The summed E-state index contributed by atoms with van der Waals surface area (Å²) < 4.78 is 10.9. The Balaban J connectivity index is 1.83. The summed E-state index contributed by atoms with van der Waals surface area (Å²) >= 11 is 0. The highest BCUT2D eigenvalue weighted by molar-refractivity contribution is 5.75. The van der Waals surface area contributed by atoms with Gasteiger partial charge in [0.25, 0.3) is 0 Å². The van der Waals surface area contributed by atoms with E-state index in [9.17, 15) is 4.79 Å². The summed E-state index contributed by atoms with van der Waals surface area (Å²) in [6, 6.07) is 0.407. The Bertz CT molecular complexity index is 335. The molecule has 0 N–H and O–H groups in total. The molecule has 2 aliphatic heterocycles. The summed E-state index contributed by atoms with van der Waals surface area (Å²) in [4.78, 5) is 16.9. The Hall–Kier alpha value is -0.650. The highest BCUT2D eigenvalue weighted by Crippen LogP contribution is 2.20. The number of carbonyl (C=O) groups excluding carboxylic acids is 1. The zero-order chi connectivity index (χ0) is 14.8. The van der Waals surface area contributed by atoms with Crippen LogP contribution in [0.1, 0.15) is 34.1 Å². The molecule has 0 amide bonds. The fourth-order valence-corrected chi connectivity index (χ4v) is 2.90. The largest absolute Gasteiger partial charge is 0.459 e. The summed E-state index contributed by atoms with van der Waals surface area (Å²) in [5, 5.41) is 0. The van der Waals surface area contributed by atoms with Crippen molar-refractivity contribution in [2.75, 3.05) is 39.4 Å². The SMILES string of the molecule is CC(C(=O)OC(C)(C)C)N1CCC(N2CCOCC2)C1. The lowest BCUT2D eigenvalue weighted by Gasteiger charge is -2.33. The maximum atomic E-state index is 12.1. The van der Waals surface area contributed by atoms with Crippen LogP contribution in [-0.2, 0) is 14.3 Å². The van der Waals surface area contributed by atoms with Crippen LogP contribution in [0.2, 0.25) is 0 Å². The molecule has 2 aliphatic rings. The summed E-state index contributed by atoms with van der Waals surface area (Å²) in [5.74, 6) is -0.111. The van der Waals surface area contributed by atoms with Crippen LogP contribution < -0.4 is 0 Å². The van der Waals surface area contributed by atoms with E-state index in [1.165, 1.54) is 0 Å². The summed E-state index contributed by atoms with van der Waals surface area (Å²) in [5.41, 5.74) is -0.408. The van der Waals surface area contributed by atoms with Crippen molar-refractivity contribution in [1.29, 1.82) is 0 Å². The Morgan fingerprint density at radius 3 is 2.50 bits per heavy atom. The molecule has 0 aromatic rings. The van der Waals surface area contributed by atoms with Gasteiger partial charge in [-0.15, -0.1) is 0 Å². The quantitative estimate of drug-likeness (QED) is 0.727. The van der Waals surface area contributed by atoms with Crippen LogP contribution in [0.25, 0.3) is 0 Å². The lowest BCUT2D eigenvalue weighted by Crippen LogP contribution is -2.47. The maximum absolute atomic E-state index is 12.1. The van der Waals surface area contributed by atoms with Gasteiger partial charge in [-0.05, 0) is 34.1 Å². The number of esters is 1. The molecular formula is C15H28N2O3. The molecule has 0 radical (unpaired) electrons. The lowest BCUT2D eigenvalue weighted by atomic mass is 10.2. The third-order valence-corrected chi connectivity index (χ3v) is 4.05. The smallest absolute Gasteiger partial charge is 0.323 e. The number of ether oxygens (including phenoxy) is 2. The van der Waals surface area contributed by atoms with E-state index in [1.54, 1.807) is 0 Å². The molecule has 20 heavy (non-hydrogen) atoms. The van der Waals surface area contributed by atoms with Crippen LogP contribution in [-0.4, -0.2) is 72.8 Å². The van der Waals surface area contributed by atoms with Crippen LogP contribution in [0.3, 0.4) is 0 Å². The first-order valence-electron chi connectivity index (χ1n) is 7.65. The second-order valence-corrected chi connectivity index (χ2v) is 6.80. The molecule has 0 aliphatic carbocycles. The third-order valence-electron chi connectivity index (χ3n) is 4.05. The number of likely N-dealkylation sites (tertiary alicyclic amines) is 1. The average molecular weight is 284 g/mol. The van der Waals surface area contributed by atoms with Gasteiger partial charge in [0.1, 0.15) is 11.6 Å². The lowest BCUT2D eigenvalue weighted by molar-refractivity contribution is -0.160. The molecule has 116 valence electrons. The minimum Gasteiger partial charge on any atom is -0.459 e. The van der Waals surface area contributed by atoms with E-state index < -0.39 is 5.60 Å². The van der Waals surface area contributed by atoms with E-state index in [4.69, 9.17) is 9.47 Å². The molecule has 2 fully saturated rings. The Labute approximate surface area is 122 Å². The van der Waals surface area contributed by atoms with Crippen LogP contribution in [0.5, 0.6) is 0 Å². The number of rotatable bonds is 3.